The molecule has 0 spiro atoms. The molecule has 160 valence electrons. The summed E-state index contributed by atoms with van der Waals surface area (Å²) in [5.74, 6) is -0.348. The SMILES string of the molecule is CCOC(=O)c1ccc(Nc2nc(Cl)nc(Nc3ccc(C(=O)OCC)cc3)n2)cc1. The molecule has 0 aliphatic heterocycles. The van der Waals surface area contributed by atoms with Crippen molar-refractivity contribution in [2.45, 2.75) is 13.8 Å². The quantitative estimate of drug-likeness (QED) is 0.491. The van der Waals surface area contributed by atoms with Crippen LogP contribution in [0.1, 0.15) is 34.6 Å². The molecule has 0 fully saturated rings. The fraction of sp³-hybridized carbons (Fsp3) is 0.190. The maximum absolute atomic E-state index is 11.7. The fourth-order valence-corrected chi connectivity index (χ4v) is 2.69. The van der Waals surface area contributed by atoms with Gasteiger partial charge >= 0.3 is 11.9 Å². The second-order valence-electron chi connectivity index (χ2n) is 6.10. The van der Waals surface area contributed by atoms with Crippen molar-refractivity contribution < 1.29 is 19.1 Å². The van der Waals surface area contributed by atoms with Gasteiger partial charge in [0.25, 0.3) is 0 Å². The van der Waals surface area contributed by atoms with Crippen molar-refractivity contribution >= 4 is 46.8 Å². The molecule has 31 heavy (non-hydrogen) atoms. The number of ether oxygens (including phenoxy) is 2. The lowest BCUT2D eigenvalue weighted by atomic mass is 10.2. The van der Waals surface area contributed by atoms with E-state index in [0.717, 1.165) is 0 Å². The minimum atomic E-state index is -0.391. The first kappa shape index (κ1) is 22.0. The Hall–Kier alpha value is -3.72. The molecule has 1 aromatic heterocycles. The van der Waals surface area contributed by atoms with Gasteiger partial charge in [0.2, 0.25) is 17.2 Å². The Morgan fingerprint density at radius 3 is 1.48 bits per heavy atom. The third-order valence-corrected chi connectivity index (χ3v) is 4.08. The third kappa shape index (κ3) is 6.13. The lowest BCUT2D eigenvalue weighted by Crippen LogP contribution is -2.06. The Balaban J connectivity index is 1.70. The third-order valence-electron chi connectivity index (χ3n) is 3.91. The van der Waals surface area contributed by atoms with Gasteiger partial charge in [-0.1, -0.05) is 0 Å². The molecule has 1 heterocycles. The Kier molecular flexibility index (Phi) is 7.34. The van der Waals surface area contributed by atoms with Crippen LogP contribution < -0.4 is 10.6 Å². The molecule has 0 atom stereocenters. The van der Waals surface area contributed by atoms with Crippen LogP contribution in [0.4, 0.5) is 23.3 Å². The van der Waals surface area contributed by atoms with E-state index >= 15 is 0 Å². The van der Waals surface area contributed by atoms with Crippen molar-refractivity contribution in [2.24, 2.45) is 0 Å². The Bertz CT molecular complexity index is 977. The van der Waals surface area contributed by atoms with Crippen LogP contribution in [0.3, 0.4) is 0 Å². The number of esters is 2. The number of nitrogens with zero attached hydrogens (tertiary/aromatic N) is 3. The highest BCUT2D eigenvalue weighted by Gasteiger charge is 2.10. The topological polar surface area (TPSA) is 115 Å². The van der Waals surface area contributed by atoms with Crippen LogP contribution in [-0.2, 0) is 9.47 Å². The Labute approximate surface area is 183 Å². The van der Waals surface area contributed by atoms with Crippen molar-refractivity contribution in [3.8, 4) is 0 Å². The van der Waals surface area contributed by atoms with Crippen LogP contribution in [0.25, 0.3) is 0 Å². The number of hydrogen-bond donors (Lipinski definition) is 2. The fourth-order valence-electron chi connectivity index (χ4n) is 2.53. The molecule has 0 radical (unpaired) electrons. The first-order valence-electron chi connectivity index (χ1n) is 9.48. The van der Waals surface area contributed by atoms with Crippen LogP contribution >= 0.6 is 11.6 Å². The molecule has 0 amide bonds. The largest absolute Gasteiger partial charge is 0.462 e. The number of hydrogen-bond acceptors (Lipinski definition) is 9. The van der Waals surface area contributed by atoms with Crippen LogP contribution in [0.5, 0.6) is 0 Å². The van der Waals surface area contributed by atoms with E-state index in [1.807, 2.05) is 0 Å². The highest BCUT2D eigenvalue weighted by molar-refractivity contribution is 6.28. The van der Waals surface area contributed by atoms with Crippen LogP contribution in [0.15, 0.2) is 48.5 Å². The molecule has 3 aromatic rings. The van der Waals surface area contributed by atoms with Crippen LogP contribution in [0.2, 0.25) is 5.28 Å². The summed E-state index contributed by atoms with van der Waals surface area (Å²) in [4.78, 5) is 35.9. The van der Waals surface area contributed by atoms with Gasteiger partial charge < -0.3 is 20.1 Å². The normalized spacial score (nSPS) is 10.3. The van der Waals surface area contributed by atoms with Gasteiger partial charge in [0.15, 0.2) is 0 Å². The zero-order chi connectivity index (χ0) is 22.2. The summed E-state index contributed by atoms with van der Waals surface area (Å²) in [5, 5.41) is 6.01. The van der Waals surface area contributed by atoms with E-state index in [-0.39, 0.29) is 17.2 Å². The molecule has 2 aromatic carbocycles. The number of carbonyl (C=O) groups excluding carboxylic acids is 2. The van der Waals surface area contributed by atoms with Gasteiger partial charge in [0, 0.05) is 11.4 Å². The molecule has 0 aliphatic rings. The van der Waals surface area contributed by atoms with E-state index in [2.05, 4.69) is 25.6 Å². The number of benzene rings is 2. The monoisotopic (exact) mass is 441 g/mol. The first-order valence-corrected chi connectivity index (χ1v) is 9.86. The maximum atomic E-state index is 11.7. The second kappa shape index (κ2) is 10.4. The molecule has 0 saturated carbocycles. The molecular formula is C21H20ClN5O4. The predicted molar refractivity (Wildman–Crippen MR) is 116 cm³/mol. The number of carbonyl (C=O) groups is 2. The highest BCUT2D eigenvalue weighted by Crippen LogP contribution is 2.20. The number of nitrogens with one attached hydrogen (secondary N) is 2. The smallest absolute Gasteiger partial charge is 0.338 e. The van der Waals surface area contributed by atoms with E-state index in [1.165, 1.54) is 0 Å². The molecule has 0 unspecified atom stereocenters. The molecule has 2 N–H and O–H groups in total. The molecule has 9 nitrogen and oxygen atoms in total. The Morgan fingerprint density at radius 2 is 1.13 bits per heavy atom. The van der Waals surface area contributed by atoms with Gasteiger partial charge in [-0.3, -0.25) is 0 Å². The molecule has 10 heteroatoms. The van der Waals surface area contributed by atoms with E-state index < -0.39 is 11.9 Å². The van der Waals surface area contributed by atoms with Gasteiger partial charge in [0.05, 0.1) is 24.3 Å². The van der Waals surface area contributed by atoms with Crippen molar-refractivity contribution in [2.75, 3.05) is 23.8 Å². The predicted octanol–water partition coefficient (Wildman–Crippen LogP) is 4.37. The molecular weight excluding hydrogens is 422 g/mol. The lowest BCUT2D eigenvalue weighted by Gasteiger charge is -2.09. The van der Waals surface area contributed by atoms with Gasteiger partial charge in [-0.2, -0.15) is 15.0 Å². The van der Waals surface area contributed by atoms with Crippen molar-refractivity contribution in [1.82, 2.24) is 15.0 Å². The summed E-state index contributed by atoms with van der Waals surface area (Å²) in [6.07, 6.45) is 0. The standard InChI is InChI=1S/C21H20ClN5O4/c1-3-30-17(28)13-5-9-15(10-6-13)23-20-25-19(22)26-21(27-20)24-16-11-7-14(8-12-16)18(29)31-4-2/h5-12H,3-4H2,1-2H3,(H2,23,24,25,26,27). The number of rotatable bonds is 8. The van der Waals surface area contributed by atoms with E-state index in [9.17, 15) is 9.59 Å². The summed E-state index contributed by atoms with van der Waals surface area (Å²) in [6.45, 7) is 4.12. The van der Waals surface area contributed by atoms with E-state index in [4.69, 9.17) is 21.1 Å². The average molecular weight is 442 g/mol. The first-order chi connectivity index (χ1) is 15.0. The summed E-state index contributed by atoms with van der Waals surface area (Å²) < 4.78 is 9.93. The molecule has 0 saturated heterocycles. The minimum absolute atomic E-state index is 0.00807. The molecule has 3 rings (SSSR count). The summed E-state index contributed by atoms with van der Waals surface area (Å²) in [5.41, 5.74) is 2.18. The second-order valence-corrected chi connectivity index (χ2v) is 6.44. The zero-order valence-corrected chi connectivity index (χ0v) is 17.6. The van der Waals surface area contributed by atoms with Gasteiger partial charge in [-0.05, 0) is 74.0 Å². The summed E-state index contributed by atoms with van der Waals surface area (Å²) >= 11 is 6.02. The number of halogens is 1. The number of aromatic nitrogens is 3. The Morgan fingerprint density at radius 1 is 0.742 bits per heavy atom. The van der Waals surface area contributed by atoms with Gasteiger partial charge in [-0.15, -0.1) is 0 Å². The van der Waals surface area contributed by atoms with Crippen molar-refractivity contribution in [1.29, 1.82) is 0 Å². The van der Waals surface area contributed by atoms with Crippen LogP contribution in [-0.4, -0.2) is 40.1 Å². The highest BCUT2D eigenvalue weighted by atomic mass is 35.5. The average Bonchev–Trinajstić information content (AvgIpc) is 2.75. The van der Waals surface area contributed by atoms with E-state index in [0.29, 0.717) is 35.7 Å². The van der Waals surface area contributed by atoms with Gasteiger partial charge in [-0.25, -0.2) is 9.59 Å². The molecule has 0 aliphatic carbocycles. The molecule has 0 bridgehead atoms. The zero-order valence-electron chi connectivity index (χ0n) is 16.9. The minimum Gasteiger partial charge on any atom is -0.462 e. The van der Waals surface area contributed by atoms with Crippen molar-refractivity contribution in [3.63, 3.8) is 0 Å². The number of anilines is 4. The van der Waals surface area contributed by atoms with Gasteiger partial charge in [0.1, 0.15) is 0 Å². The summed E-state index contributed by atoms with van der Waals surface area (Å²) in [7, 11) is 0. The lowest BCUT2D eigenvalue weighted by molar-refractivity contribution is 0.0517. The van der Waals surface area contributed by atoms with Crippen molar-refractivity contribution in [3.05, 3.63) is 64.9 Å². The van der Waals surface area contributed by atoms with Crippen LogP contribution in [0, 0.1) is 0 Å². The van der Waals surface area contributed by atoms with E-state index in [1.54, 1.807) is 62.4 Å². The maximum Gasteiger partial charge on any atom is 0.338 e. The summed E-state index contributed by atoms with van der Waals surface area (Å²) in [6, 6.07) is 13.3.